The Morgan fingerprint density at radius 3 is 2.67 bits per heavy atom. The first kappa shape index (κ1) is 17.5. The predicted octanol–water partition coefficient (Wildman–Crippen LogP) is 3.30. The van der Waals surface area contributed by atoms with E-state index in [0.717, 1.165) is 17.7 Å². The molecule has 0 bridgehead atoms. The number of nitrogens with one attached hydrogen (secondary N) is 1. The monoisotopic (exact) mass is 293 g/mol. The van der Waals surface area contributed by atoms with Gasteiger partial charge in [0.25, 0.3) is 0 Å². The van der Waals surface area contributed by atoms with E-state index in [1.165, 1.54) is 5.56 Å². The van der Waals surface area contributed by atoms with Crippen molar-refractivity contribution in [3.8, 4) is 5.75 Å². The minimum Gasteiger partial charge on any atom is -0.490 e. The Bertz CT molecular complexity index is 487. The standard InChI is InChI=1S/C17H27NO3/c1-6-10-18-17(5,16(19)20)11-13(3)21-15-9-7-8-12(2)14(15)4/h7-9,13,18H,6,10-11H2,1-5H3,(H,19,20). The molecule has 0 aliphatic carbocycles. The van der Waals surface area contributed by atoms with Crippen LogP contribution in [0.3, 0.4) is 0 Å². The number of benzene rings is 1. The molecule has 4 heteroatoms. The highest BCUT2D eigenvalue weighted by Gasteiger charge is 2.34. The summed E-state index contributed by atoms with van der Waals surface area (Å²) in [5, 5.41) is 12.6. The second-order valence-corrected chi connectivity index (χ2v) is 5.89. The second kappa shape index (κ2) is 7.46. The fourth-order valence-corrected chi connectivity index (χ4v) is 2.32. The molecule has 0 heterocycles. The van der Waals surface area contributed by atoms with Crippen LogP contribution in [0.1, 0.15) is 44.7 Å². The SMILES string of the molecule is CCCNC(C)(CC(C)Oc1cccc(C)c1C)C(=O)O. The fraction of sp³-hybridized carbons (Fsp3) is 0.588. The molecule has 1 rings (SSSR count). The minimum absolute atomic E-state index is 0.184. The van der Waals surface area contributed by atoms with Gasteiger partial charge in [-0.15, -0.1) is 0 Å². The Morgan fingerprint density at radius 2 is 2.10 bits per heavy atom. The number of carboxylic acids is 1. The van der Waals surface area contributed by atoms with Gasteiger partial charge >= 0.3 is 5.97 Å². The van der Waals surface area contributed by atoms with Crippen LogP contribution in [-0.4, -0.2) is 29.3 Å². The van der Waals surface area contributed by atoms with Gasteiger partial charge in [0, 0.05) is 6.42 Å². The number of hydrogen-bond acceptors (Lipinski definition) is 3. The summed E-state index contributed by atoms with van der Waals surface area (Å²) in [6.07, 6.45) is 1.13. The van der Waals surface area contributed by atoms with Crippen molar-refractivity contribution in [3.63, 3.8) is 0 Å². The summed E-state index contributed by atoms with van der Waals surface area (Å²) in [7, 11) is 0. The summed E-state index contributed by atoms with van der Waals surface area (Å²) in [6.45, 7) is 10.4. The molecule has 118 valence electrons. The van der Waals surface area contributed by atoms with Crippen molar-refractivity contribution in [2.24, 2.45) is 0 Å². The highest BCUT2D eigenvalue weighted by atomic mass is 16.5. The molecule has 0 amide bonds. The van der Waals surface area contributed by atoms with E-state index >= 15 is 0 Å². The maximum absolute atomic E-state index is 11.5. The quantitative estimate of drug-likeness (QED) is 0.772. The molecule has 0 aliphatic rings. The van der Waals surface area contributed by atoms with E-state index in [4.69, 9.17) is 4.74 Å². The van der Waals surface area contributed by atoms with Crippen LogP contribution in [-0.2, 0) is 4.79 Å². The van der Waals surface area contributed by atoms with Gasteiger partial charge in [0.1, 0.15) is 11.3 Å². The van der Waals surface area contributed by atoms with Gasteiger partial charge in [-0.1, -0.05) is 19.1 Å². The van der Waals surface area contributed by atoms with E-state index in [9.17, 15) is 9.90 Å². The van der Waals surface area contributed by atoms with E-state index in [2.05, 4.69) is 5.32 Å². The molecule has 2 N–H and O–H groups in total. The fourth-order valence-electron chi connectivity index (χ4n) is 2.32. The van der Waals surface area contributed by atoms with E-state index in [-0.39, 0.29) is 6.10 Å². The molecule has 0 radical (unpaired) electrons. The van der Waals surface area contributed by atoms with Crippen molar-refractivity contribution in [2.75, 3.05) is 6.54 Å². The lowest BCUT2D eigenvalue weighted by molar-refractivity contribution is -0.145. The Kier molecular flexibility index (Phi) is 6.21. The second-order valence-electron chi connectivity index (χ2n) is 5.89. The molecule has 4 nitrogen and oxygen atoms in total. The van der Waals surface area contributed by atoms with Crippen LogP contribution in [0.15, 0.2) is 18.2 Å². The number of aliphatic carboxylic acids is 1. The zero-order valence-corrected chi connectivity index (χ0v) is 13.7. The molecule has 0 fully saturated rings. The maximum Gasteiger partial charge on any atom is 0.323 e. The van der Waals surface area contributed by atoms with E-state index in [0.29, 0.717) is 13.0 Å². The maximum atomic E-state index is 11.5. The third-order valence-corrected chi connectivity index (χ3v) is 3.82. The number of aryl methyl sites for hydroxylation is 1. The van der Waals surface area contributed by atoms with Gasteiger partial charge in [0.15, 0.2) is 0 Å². The number of carboxylic acid groups (broad SMARTS) is 1. The van der Waals surface area contributed by atoms with Crippen LogP contribution in [0.4, 0.5) is 0 Å². The first-order valence-electron chi connectivity index (χ1n) is 7.51. The van der Waals surface area contributed by atoms with Gasteiger partial charge in [-0.25, -0.2) is 0 Å². The van der Waals surface area contributed by atoms with Gasteiger partial charge < -0.3 is 15.2 Å². The van der Waals surface area contributed by atoms with Crippen LogP contribution in [0.5, 0.6) is 5.75 Å². The van der Waals surface area contributed by atoms with Crippen LogP contribution < -0.4 is 10.1 Å². The largest absolute Gasteiger partial charge is 0.490 e. The highest BCUT2D eigenvalue weighted by Crippen LogP contribution is 2.24. The molecule has 2 unspecified atom stereocenters. The summed E-state index contributed by atoms with van der Waals surface area (Å²) in [6, 6.07) is 5.92. The van der Waals surface area contributed by atoms with Crippen molar-refractivity contribution in [2.45, 2.75) is 59.1 Å². The minimum atomic E-state index is -0.965. The first-order valence-corrected chi connectivity index (χ1v) is 7.51. The van der Waals surface area contributed by atoms with Crippen LogP contribution >= 0.6 is 0 Å². The van der Waals surface area contributed by atoms with E-state index in [1.54, 1.807) is 6.92 Å². The lowest BCUT2D eigenvalue weighted by Crippen LogP contribution is -2.52. The first-order chi connectivity index (χ1) is 9.80. The average molecular weight is 293 g/mol. The molecular weight excluding hydrogens is 266 g/mol. The summed E-state index contributed by atoms with van der Waals surface area (Å²) in [4.78, 5) is 11.5. The molecule has 1 aromatic carbocycles. The average Bonchev–Trinajstić information content (AvgIpc) is 2.41. The molecule has 0 saturated heterocycles. The number of carbonyl (C=O) groups is 1. The Balaban J connectivity index is 2.76. The predicted molar refractivity (Wildman–Crippen MR) is 85.0 cm³/mol. The van der Waals surface area contributed by atoms with Gasteiger partial charge in [-0.05, 0) is 57.9 Å². The Labute approximate surface area is 127 Å². The van der Waals surface area contributed by atoms with Crippen LogP contribution in [0, 0.1) is 13.8 Å². The van der Waals surface area contributed by atoms with Crippen molar-refractivity contribution < 1.29 is 14.6 Å². The molecule has 21 heavy (non-hydrogen) atoms. The third kappa shape index (κ3) is 4.74. The summed E-state index contributed by atoms with van der Waals surface area (Å²) in [5.41, 5.74) is 1.31. The molecule has 0 saturated carbocycles. The van der Waals surface area contributed by atoms with Crippen LogP contribution in [0.25, 0.3) is 0 Å². The summed E-state index contributed by atoms with van der Waals surface area (Å²) >= 11 is 0. The Morgan fingerprint density at radius 1 is 1.43 bits per heavy atom. The lowest BCUT2D eigenvalue weighted by atomic mass is 9.94. The number of hydrogen-bond donors (Lipinski definition) is 2. The van der Waals surface area contributed by atoms with Crippen molar-refractivity contribution in [1.82, 2.24) is 5.32 Å². The Hall–Kier alpha value is -1.55. The third-order valence-electron chi connectivity index (χ3n) is 3.82. The number of rotatable bonds is 8. The molecule has 2 atom stereocenters. The molecule has 0 aliphatic heterocycles. The normalized spacial score (nSPS) is 15.3. The van der Waals surface area contributed by atoms with E-state index in [1.807, 2.05) is 45.9 Å². The highest BCUT2D eigenvalue weighted by molar-refractivity contribution is 5.78. The summed E-state index contributed by atoms with van der Waals surface area (Å²) in [5.74, 6) is -0.0157. The zero-order valence-electron chi connectivity index (χ0n) is 13.7. The lowest BCUT2D eigenvalue weighted by Gasteiger charge is -2.29. The van der Waals surface area contributed by atoms with Crippen molar-refractivity contribution in [3.05, 3.63) is 29.3 Å². The molecule has 0 spiro atoms. The summed E-state index contributed by atoms with van der Waals surface area (Å²) < 4.78 is 5.95. The van der Waals surface area contributed by atoms with Gasteiger partial charge in [-0.3, -0.25) is 4.79 Å². The van der Waals surface area contributed by atoms with Crippen LogP contribution in [0.2, 0.25) is 0 Å². The molecule has 1 aromatic rings. The van der Waals surface area contributed by atoms with Crippen molar-refractivity contribution >= 4 is 5.97 Å². The topological polar surface area (TPSA) is 58.6 Å². The van der Waals surface area contributed by atoms with Gasteiger partial charge in [0.2, 0.25) is 0 Å². The van der Waals surface area contributed by atoms with Gasteiger partial charge in [-0.2, -0.15) is 0 Å². The van der Waals surface area contributed by atoms with Gasteiger partial charge in [0.05, 0.1) is 6.10 Å². The zero-order chi connectivity index (χ0) is 16.0. The molecular formula is C17H27NO3. The van der Waals surface area contributed by atoms with Crippen molar-refractivity contribution in [1.29, 1.82) is 0 Å². The smallest absolute Gasteiger partial charge is 0.323 e. The number of ether oxygens (including phenoxy) is 1. The van der Waals surface area contributed by atoms with E-state index < -0.39 is 11.5 Å². The molecule has 0 aromatic heterocycles.